The molecule has 0 radical (unpaired) electrons. The lowest BCUT2D eigenvalue weighted by molar-refractivity contribution is -0.137. The maximum Gasteiger partial charge on any atom is 0.416 e. The number of alkyl halides is 3. The minimum absolute atomic E-state index is 0.0877. The van der Waals surface area contributed by atoms with Gasteiger partial charge in [0.15, 0.2) is 0 Å². The smallest absolute Gasteiger partial charge is 0.299 e. The molecule has 0 saturated heterocycles. The Kier molecular flexibility index (Phi) is 2.56. The molecule has 0 unspecified atom stereocenters. The number of hydrogen-bond donors (Lipinski definition) is 0. The average molecular weight is 242 g/mol. The van der Waals surface area contributed by atoms with Gasteiger partial charge in [-0.2, -0.15) is 13.2 Å². The predicted octanol–water partition coefficient (Wildman–Crippen LogP) is 3.50. The van der Waals surface area contributed by atoms with Crippen molar-refractivity contribution in [2.24, 2.45) is 0 Å². The fourth-order valence-electron chi connectivity index (χ4n) is 2.30. The van der Waals surface area contributed by atoms with Gasteiger partial charge in [0.05, 0.1) is 5.56 Å². The summed E-state index contributed by atoms with van der Waals surface area (Å²) >= 11 is 0. The molecule has 0 N–H and O–H groups in total. The number of carbonyl (C=O) groups is 1. The lowest BCUT2D eigenvalue weighted by Crippen LogP contribution is -2.34. The van der Waals surface area contributed by atoms with Gasteiger partial charge in [-0.25, -0.2) is 0 Å². The molecule has 0 heterocycles. The second-order valence-corrected chi connectivity index (χ2v) is 4.92. The number of Topliss-reactive ketones (excluding diaryl/α,β-unsaturated/α-hetero) is 1. The summed E-state index contributed by atoms with van der Waals surface area (Å²) in [6.45, 7) is 3.53. The third-order valence-electron chi connectivity index (χ3n) is 3.42. The fourth-order valence-corrected chi connectivity index (χ4v) is 2.30. The lowest BCUT2D eigenvalue weighted by atomic mass is 9.71. The van der Waals surface area contributed by atoms with Crippen LogP contribution in [0.5, 0.6) is 0 Å². The molecule has 0 aromatic heterocycles. The van der Waals surface area contributed by atoms with Gasteiger partial charge in [0.1, 0.15) is 5.78 Å². The van der Waals surface area contributed by atoms with Crippen molar-refractivity contribution in [3.05, 3.63) is 34.9 Å². The van der Waals surface area contributed by atoms with Crippen LogP contribution in [0.4, 0.5) is 13.2 Å². The van der Waals surface area contributed by atoms with Crippen molar-refractivity contribution in [1.82, 2.24) is 0 Å². The second kappa shape index (κ2) is 3.59. The van der Waals surface area contributed by atoms with Gasteiger partial charge in [0.2, 0.25) is 0 Å². The molecule has 1 aliphatic rings. The number of carbonyl (C=O) groups excluding carboxylic acids is 1. The Morgan fingerprint density at radius 3 is 2.41 bits per heavy atom. The summed E-state index contributed by atoms with van der Waals surface area (Å²) in [6.07, 6.45) is -3.59. The molecule has 1 aliphatic carbocycles. The third kappa shape index (κ3) is 1.96. The Bertz CT molecular complexity index is 472. The van der Waals surface area contributed by atoms with Gasteiger partial charge in [-0.1, -0.05) is 6.07 Å². The van der Waals surface area contributed by atoms with E-state index in [0.29, 0.717) is 18.4 Å². The predicted molar refractivity (Wildman–Crippen MR) is 57.8 cm³/mol. The van der Waals surface area contributed by atoms with Gasteiger partial charge in [-0.3, -0.25) is 4.79 Å². The Balaban J connectivity index is 2.53. The first-order chi connectivity index (χ1) is 7.73. The van der Waals surface area contributed by atoms with E-state index in [1.54, 1.807) is 13.8 Å². The standard InChI is InChI=1S/C13H13F3O/c1-12(2)10-5-4-9(13(14,15)16)7-8(10)3-6-11(12)17/h4-5,7H,3,6H2,1-2H3. The first-order valence-electron chi connectivity index (χ1n) is 5.47. The van der Waals surface area contributed by atoms with Crippen LogP contribution in [-0.2, 0) is 22.8 Å². The summed E-state index contributed by atoms with van der Waals surface area (Å²) in [5.41, 5.74) is 0.0603. The maximum atomic E-state index is 12.6. The van der Waals surface area contributed by atoms with E-state index in [9.17, 15) is 18.0 Å². The van der Waals surface area contributed by atoms with Crippen LogP contribution < -0.4 is 0 Å². The van der Waals surface area contributed by atoms with Gasteiger partial charge >= 0.3 is 6.18 Å². The zero-order chi connectivity index (χ0) is 12.8. The van der Waals surface area contributed by atoms with Crippen LogP contribution >= 0.6 is 0 Å². The van der Waals surface area contributed by atoms with Crippen molar-refractivity contribution in [2.45, 2.75) is 38.3 Å². The average Bonchev–Trinajstić information content (AvgIpc) is 2.22. The van der Waals surface area contributed by atoms with Crippen molar-refractivity contribution in [3.63, 3.8) is 0 Å². The largest absolute Gasteiger partial charge is 0.416 e. The number of ketones is 1. The van der Waals surface area contributed by atoms with E-state index in [0.717, 1.165) is 11.6 Å². The van der Waals surface area contributed by atoms with Crippen molar-refractivity contribution in [3.8, 4) is 0 Å². The van der Waals surface area contributed by atoms with Crippen LogP contribution in [0, 0.1) is 0 Å². The molecular formula is C13H13F3O. The van der Waals surface area contributed by atoms with Gasteiger partial charge < -0.3 is 0 Å². The Morgan fingerprint density at radius 1 is 1.18 bits per heavy atom. The van der Waals surface area contributed by atoms with Crippen LogP contribution in [-0.4, -0.2) is 5.78 Å². The van der Waals surface area contributed by atoms with Crippen LogP contribution in [0.1, 0.15) is 37.0 Å². The van der Waals surface area contributed by atoms with Gasteiger partial charge in [-0.05, 0) is 43.5 Å². The molecular weight excluding hydrogens is 229 g/mol. The van der Waals surface area contributed by atoms with E-state index in [1.807, 2.05) is 0 Å². The number of hydrogen-bond acceptors (Lipinski definition) is 1. The zero-order valence-electron chi connectivity index (χ0n) is 9.69. The Hall–Kier alpha value is -1.32. The Morgan fingerprint density at radius 2 is 1.82 bits per heavy atom. The van der Waals surface area contributed by atoms with E-state index >= 15 is 0 Å². The highest BCUT2D eigenvalue weighted by molar-refractivity contribution is 5.91. The molecule has 2 rings (SSSR count). The minimum atomic E-state index is -4.32. The first-order valence-corrected chi connectivity index (χ1v) is 5.47. The van der Waals surface area contributed by atoms with Gasteiger partial charge in [0, 0.05) is 11.8 Å². The molecule has 17 heavy (non-hydrogen) atoms. The summed E-state index contributed by atoms with van der Waals surface area (Å²) < 4.78 is 37.7. The molecule has 0 bridgehead atoms. The summed E-state index contributed by atoms with van der Waals surface area (Å²) in [7, 11) is 0. The second-order valence-electron chi connectivity index (χ2n) is 4.92. The van der Waals surface area contributed by atoms with E-state index in [1.165, 1.54) is 12.1 Å². The number of aryl methyl sites for hydroxylation is 1. The highest BCUT2D eigenvalue weighted by Crippen LogP contribution is 2.37. The van der Waals surface area contributed by atoms with E-state index in [-0.39, 0.29) is 5.78 Å². The quantitative estimate of drug-likeness (QED) is 0.680. The zero-order valence-corrected chi connectivity index (χ0v) is 9.69. The van der Waals surface area contributed by atoms with Crippen molar-refractivity contribution >= 4 is 5.78 Å². The minimum Gasteiger partial charge on any atom is -0.299 e. The van der Waals surface area contributed by atoms with Crippen LogP contribution in [0.3, 0.4) is 0 Å². The number of rotatable bonds is 0. The van der Waals surface area contributed by atoms with Gasteiger partial charge in [-0.15, -0.1) is 0 Å². The number of halogens is 3. The highest BCUT2D eigenvalue weighted by Gasteiger charge is 2.37. The maximum absolute atomic E-state index is 12.6. The van der Waals surface area contributed by atoms with E-state index < -0.39 is 17.2 Å². The highest BCUT2D eigenvalue weighted by atomic mass is 19.4. The summed E-state index contributed by atoms with van der Waals surface area (Å²) in [4.78, 5) is 11.7. The van der Waals surface area contributed by atoms with Crippen molar-refractivity contribution < 1.29 is 18.0 Å². The van der Waals surface area contributed by atoms with E-state index in [4.69, 9.17) is 0 Å². The molecule has 0 aliphatic heterocycles. The molecule has 0 atom stereocenters. The van der Waals surface area contributed by atoms with E-state index in [2.05, 4.69) is 0 Å². The normalized spacial score (nSPS) is 19.0. The molecule has 92 valence electrons. The molecule has 0 spiro atoms. The molecule has 1 nitrogen and oxygen atoms in total. The monoisotopic (exact) mass is 242 g/mol. The van der Waals surface area contributed by atoms with Crippen LogP contribution in [0.25, 0.3) is 0 Å². The van der Waals surface area contributed by atoms with Crippen molar-refractivity contribution in [1.29, 1.82) is 0 Å². The van der Waals surface area contributed by atoms with Crippen LogP contribution in [0.2, 0.25) is 0 Å². The molecule has 4 heteroatoms. The summed E-state index contributed by atoms with van der Waals surface area (Å²) in [6, 6.07) is 3.66. The number of benzene rings is 1. The van der Waals surface area contributed by atoms with Gasteiger partial charge in [0.25, 0.3) is 0 Å². The lowest BCUT2D eigenvalue weighted by Gasteiger charge is -2.31. The molecule has 0 saturated carbocycles. The topological polar surface area (TPSA) is 17.1 Å². The first kappa shape index (κ1) is 12.1. The molecule has 1 aromatic carbocycles. The molecule has 0 amide bonds. The number of fused-ring (bicyclic) bond motifs is 1. The third-order valence-corrected chi connectivity index (χ3v) is 3.42. The Labute approximate surface area is 97.6 Å². The van der Waals surface area contributed by atoms with Crippen LogP contribution in [0.15, 0.2) is 18.2 Å². The SMILES string of the molecule is CC1(C)C(=O)CCc2cc(C(F)(F)F)ccc21. The fraction of sp³-hybridized carbons (Fsp3) is 0.462. The van der Waals surface area contributed by atoms with Crippen molar-refractivity contribution in [2.75, 3.05) is 0 Å². The summed E-state index contributed by atoms with van der Waals surface area (Å²) in [5.74, 6) is 0.0877. The molecule has 1 aromatic rings. The summed E-state index contributed by atoms with van der Waals surface area (Å²) in [5, 5.41) is 0. The molecule has 0 fully saturated rings.